The van der Waals surface area contributed by atoms with Gasteiger partial charge in [0.1, 0.15) is 0 Å². The average molecular weight is 366 g/mol. The summed E-state index contributed by atoms with van der Waals surface area (Å²) in [6.07, 6.45) is 0.775. The topological polar surface area (TPSA) is 44.8 Å². The summed E-state index contributed by atoms with van der Waals surface area (Å²) in [5.41, 5.74) is 0.855. The first-order valence-electron chi connectivity index (χ1n) is 6.24. The van der Waals surface area contributed by atoms with Gasteiger partial charge in [0.25, 0.3) is 0 Å². The molecule has 0 saturated heterocycles. The van der Waals surface area contributed by atoms with E-state index >= 15 is 0 Å². The largest absolute Gasteiger partial charge is 0.493 e. The molecule has 0 N–H and O–H groups in total. The minimum absolute atomic E-state index is 0.241. The fraction of sp³-hybridized carbons (Fsp3) is 0.500. The van der Waals surface area contributed by atoms with Crippen LogP contribution in [0.25, 0.3) is 0 Å². The second kappa shape index (κ2) is 8.37. The second-order valence-electron chi connectivity index (χ2n) is 4.04. The summed E-state index contributed by atoms with van der Waals surface area (Å²) in [4.78, 5) is 11.4. The van der Waals surface area contributed by atoms with E-state index in [1.165, 1.54) is 0 Å². The summed E-state index contributed by atoms with van der Waals surface area (Å²) in [6.45, 7) is 2.16. The molecular formula is C14H18BrClO4. The molecule has 1 rings (SSSR count). The Balaban J connectivity index is 2.82. The number of carbonyl (C=O) groups is 1. The van der Waals surface area contributed by atoms with E-state index in [1.807, 2.05) is 6.07 Å². The lowest BCUT2D eigenvalue weighted by Crippen LogP contribution is -2.05. The molecule has 1 unspecified atom stereocenters. The quantitative estimate of drug-likeness (QED) is 0.539. The van der Waals surface area contributed by atoms with Crippen molar-refractivity contribution in [3.8, 4) is 11.5 Å². The molecule has 0 aliphatic rings. The van der Waals surface area contributed by atoms with Crippen LogP contribution in [-0.4, -0.2) is 26.8 Å². The van der Waals surface area contributed by atoms with Gasteiger partial charge in [0.2, 0.25) is 0 Å². The van der Waals surface area contributed by atoms with Crippen LogP contribution in [0, 0.1) is 0 Å². The number of carbonyl (C=O) groups excluding carboxylic acids is 1. The van der Waals surface area contributed by atoms with E-state index in [-0.39, 0.29) is 17.8 Å². The molecule has 1 atom stereocenters. The smallest absolute Gasteiger partial charge is 0.305 e. The maximum absolute atomic E-state index is 11.4. The number of methoxy groups -OCH3 is 2. The van der Waals surface area contributed by atoms with Crippen LogP contribution in [0.5, 0.6) is 11.5 Å². The third-order valence-corrected chi connectivity index (χ3v) is 3.89. The van der Waals surface area contributed by atoms with E-state index in [2.05, 4.69) is 15.9 Å². The zero-order valence-electron chi connectivity index (χ0n) is 11.7. The van der Waals surface area contributed by atoms with E-state index in [1.54, 1.807) is 27.2 Å². The number of ether oxygens (including phenoxy) is 3. The fourth-order valence-electron chi connectivity index (χ4n) is 1.74. The zero-order chi connectivity index (χ0) is 15.1. The lowest BCUT2D eigenvalue weighted by Gasteiger charge is -2.15. The van der Waals surface area contributed by atoms with Crippen LogP contribution in [0.3, 0.4) is 0 Å². The highest BCUT2D eigenvalue weighted by molar-refractivity contribution is 9.10. The first kappa shape index (κ1) is 17.1. The summed E-state index contributed by atoms with van der Waals surface area (Å²) < 4.78 is 16.2. The zero-order valence-corrected chi connectivity index (χ0v) is 14.1. The third-order valence-electron chi connectivity index (χ3n) is 2.75. The van der Waals surface area contributed by atoms with Gasteiger partial charge >= 0.3 is 5.97 Å². The van der Waals surface area contributed by atoms with E-state index in [0.717, 1.165) is 10.0 Å². The monoisotopic (exact) mass is 364 g/mol. The average Bonchev–Trinajstić information content (AvgIpc) is 2.44. The molecule has 0 bridgehead atoms. The van der Waals surface area contributed by atoms with Gasteiger partial charge in [-0.15, -0.1) is 11.6 Å². The van der Waals surface area contributed by atoms with Gasteiger partial charge in [0, 0.05) is 10.9 Å². The standard InChI is InChI=1S/C14H18BrClO4/c1-4-20-14(17)6-5-11(16)9-7-12(18-2)13(19-3)8-10(9)15/h7-8,11H,4-6H2,1-3H3. The van der Waals surface area contributed by atoms with Gasteiger partial charge in [-0.05, 0) is 31.0 Å². The number of halogens is 2. The van der Waals surface area contributed by atoms with E-state index in [0.29, 0.717) is 24.5 Å². The summed E-state index contributed by atoms with van der Waals surface area (Å²) in [7, 11) is 3.14. The van der Waals surface area contributed by atoms with E-state index in [4.69, 9.17) is 25.8 Å². The maximum atomic E-state index is 11.4. The summed E-state index contributed by atoms with van der Waals surface area (Å²) in [5.74, 6) is 0.986. The predicted molar refractivity (Wildman–Crippen MR) is 81.7 cm³/mol. The van der Waals surface area contributed by atoms with Crippen molar-refractivity contribution in [2.45, 2.75) is 25.1 Å². The van der Waals surface area contributed by atoms with Crippen molar-refractivity contribution in [1.29, 1.82) is 0 Å². The Bertz CT molecular complexity index is 465. The molecule has 4 nitrogen and oxygen atoms in total. The Morgan fingerprint density at radius 3 is 2.45 bits per heavy atom. The van der Waals surface area contributed by atoms with Crippen molar-refractivity contribution in [2.24, 2.45) is 0 Å². The first-order chi connectivity index (χ1) is 9.53. The highest BCUT2D eigenvalue weighted by atomic mass is 79.9. The van der Waals surface area contributed by atoms with Crippen LogP contribution in [0.2, 0.25) is 0 Å². The van der Waals surface area contributed by atoms with Crippen LogP contribution in [0.1, 0.15) is 30.7 Å². The van der Waals surface area contributed by atoms with Crippen molar-refractivity contribution in [3.63, 3.8) is 0 Å². The molecule has 0 spiro atoms. The molecule has 0 amide bonds. The molecule has 0 aromatic heterocycles. The van der Waals surface area contributed by atoms with Gasteiger partial charge in [-0.1, -0.05) is 15.9 Å². The van der Waals surface area contributed by atoms with Crippen molar-refractivity contribution in [3.05, 3.63) is 22.2 Å². The van der Waals surface area contributed by atoms with Gasteiger partial charge in [0.15, 0.2) is 11.5 Å². The molecule has 0 fully saturated rings. The SMILES string of the molecule is CCOC(=O)CCC(Cl)c1cc(OC)c(OC)cc1Br. The molecule has 0 heterocycles. The molecular weight excluding hydrogens is 348 g/mol. The van der Waals surface area contributed by atoms with Gasteiger partial charge in [-0.25, -0.2) is 0 Å². The molecule has 0 aliphatic heterocycles. The number of benzene rings is 1. The van der Waals surface area contributed by atoms with Crippen molar-refractivity contribution in [2.75, 3.05) is 20.8 Å². The van der Waals surface area contributed by atoms with Crippen molar-refractivity contribution < 1.29 is 19.0 Å². The number of alkyl halides is 1. The van der Waals surface area contributed by atoms with Gasteiger partial charge in [-0.3, -0.25) is 4.79 Å². The van der Waals surface area contributed by atoms with Crippen LogP contribution in [-0.2, 0) is 9.53 Å². The Hall–Kier alpha value is -0.940. The summed E-state index contributed by atoms with van der Waals surface area (Å²) in [6, 6.07) is 3.61. The van der Waals surface area contributed by atoms with Crippen LogP contribution in [0.4, 0.5) is 0 Å². The molecule has 0 saturated carbocycles. The summed E-state index contributed by atoms with van der Waals surface area (Å²) in [5, 5.41) is -0.311. The van der Waals surface area contributed by atoms with E-state index < -0.39 is 0 Å². The molecule has 1 aromatic carbocycles. The Morgan fingerprint density at radius 1 is 1.30 bits per heavy atom. The number of esters is 1. The van der Waals surface area contributed by atoms with Crippen LogP contribution < -0.4 is 9.47 Å². The maximum Gasteiger partial charge on any atom is 0.305 e. The molecule has 20 heavy (non-hydrogen) atoms. The van der Waals surface area contributed by atoms with Crippen molar-refractivity contribution >= 4 is 33.5 Å². The number of hydrogen-bond donors (Lipinski definition) is 0. The van der Waals surface area contributed by atoms with Crippen molar-refractivity contribution in [1.82, 2.24) is 0 Å². The minimum atomic E-state index is -0.311. The van der Waals surface area contributed by atoms with Gasteiger partial charge < -0.3 is 14.2 Å². The normalized spacial score (nSPS) is 11.8. The summed E-state index contributed by atoms with van der Waals surface area (Å²) >= 11 is 9.80. The fourth-order valence-corrected chi connectivity index (χ4v) is 2.76. The lowest BCUT2D eigenvalue weighted by molar-refractivity contribution is -0.143. The third kappa shape index (κ3) is 4.56. The lowest BCUT2D eigenvalue weighted by atomic mass is 10.1. The number of rotatable bonds is 7. The van der Waals surface area contributed by atoms with E-state index in [9.17, 15) is 4.79 Å². The molecule has 1 aromatic rings. The van der Waals surface area contributed by atoms with Gasteiger partial charge in [0.05, 0.1) is 26.2 Å². The first-order valence-corrected chi connectivity index (χ1v) is 7.47. The minimum Gasteiger partial charge on any atom is -0.493 e. The van der Waals surface area contributed by atoms with Crippen LogP contribution >= 0.6 is 27.5 Å². The molecule has 112 valence electrons. The van der Waals surface area contributed by atoms with Crippen LogP contribution in [0.15, 0.2) is 16.6 Å². The number of hydrogen-bond acceptors (Lipinski definition) is 4. The highest BCUT2D eigenvalue weighted by Crippen LogP contribution is 2.39. The second-order valence-corrected chi connectivity index (χ2v) is 5.42. The molecule has 0 radical (unpaired) electrons. The Labute approximate surface area is 132 Å². The molecule has 0 aliphatic carbocycles. The predicted octanol–water partition coefficient (Wildman–Crippen LogP) is 4.09. The highest BCUT2D eigenvalue weighted by Gasteiger charge is 2.17. The molecule has 6 heteroatoms. The van der Waals surface area contributed by atoms with Gasteiger partial charge in [-0.2, -0.15) is 0 Å². The Morgan fingerprint density at radius 2 is 1.90 bits per heavy atom. The Kier molecular flexibility index (Phi) is 7.16.